The minimum atomic E-state index is 0.640. The summed E-state index contributed by atoms with van der Waals surface area (Å²) >= 11 is 0. The average Bonchev–Trinajstić information content (AvgIpc) is 3.15. The van der Waals surface area contributed by atoms with Gasteiger partial charge in [0.1, 0.15) is 0 Å². The van der Waals surface area contributed by atoms with E-state index in [2.05, 4.69) is 20.6 Å². The minimum absolute atomic E-state index is 0.640. The molecular formula is C14H19N5O. The lowest BCUT2D eigenvalue weighted by molar-refractivity contribution is 0.396. The highest BCUT2D eigenvalue weighted by molar-refractivity contribution is 5.33. The van der Waals surface area contributed by atoms with Crippen LogP contribution in [0.5, 0.6) is 5.88 Å². The van der Waals surface area contributed by atoms with Gasteiger partial charge in [0, 0.05) is 24.8 Å². The Labute approximate surface area is 118 Å². The van der Waals surface area contributed by atoms with Crippen LogP contribution in [-0.4, -0.2) is 27.1 Å². The number of ether oxygens (including phenoxy) is 1. The lowest BCUT2D eigenvalue weighted by atomic mass is 10.2. The molecule has 3 rings (SSSR count). The van der Waals surface area contributed by atoms with Crippen LogP contribution in [0.3, 0.4) is 0 Å². The van der Waals surface area contributed by atoms with Gasteiger partial charge in [0.15, 0.2) is 5.82 Å². The van der Waals surface area contributed by atoms with Gasteiger partial charge in [-0.05, 0) is 31.2 Å². The first-order valence-corrected chi connectivity index (χ1v) is 6.89. The third-order valence-corrected chi connectivity index (χ3v) is 3.52. The Morgan fingerprint density at radius 1 is 1.40 bits per heavy atom. The monoisotopic (exact) mass is 273 g/mol. The zero-order valence-electron chi connectivity index (χ0n) is 11.8. The molecule has 0 saturated heterocycles. The molecule has 0 amide bonds. The lowest BCUT2D eigenvalue weighted by Crippen LogP contribution is -2.03. The van der Waals surface area contributed by atoms with Gasteiger partial charge < -0.3 is 10.1 Å². The summed E-state index contributed by atoms with van der Waals surface area (Å²) in [4.78, 5) is 4.35. The first-order chi connectivity index (χ1) is 9.74. The van der Waals surface area contributed by atoms with Crippen molar-refractivity contribution in [3.8, 4) is 5.88 Å². The Kier molecular flexibility index (Phi) is 3.54. The van der Waals surface area contributed by atoms with E-state index in [9.17, 15) is 0 Å². The third kappa shape index (κ3) is 3.07. The Hall–Kier alpha value is -2.11. The summed E-state index contributed by atoms with van der Waals surface area (Å²) in [5, 5.41) is 11.5. The Bertz CT molecular complexity index is 591. The topological polar surface area (TPSA) is 64.9 Å². The van der Waals surface area contributed by atoms with Crippen molar-refractivity contribution in [2.45, 2.75) is 32.9 Å². The van der Waals surface area contributed by atoms with E-state index in [1.165, 1.54) is 12.8 Å². The average molecular weight is 273 g/mol. The van der Waals surface area contributed by atoms with E-state index in [0.717, 1.165) is 29.5 Å². The maximum Gasteiger partial charge on any atom is 0.213 e. The van der Waals surface area contributed by atoms with Crippen LogP contribution in [0, 0.1) is 12.8 Å². The molecule has 0 aromatic carbocycles. The van der Waals surface area contributed by atoms with Crippen molar-refractivity contribution >= 4 is 5.82 Å². The van der Waals surface area contributed by atoms with Gasteiger partial charge in [0.05, 0.1) is 13.3 Å². The molecule has 1 fully saturated rings. The van der Waals surface area contributed by atoms with Gasteiger partial charge in [-0.25, -0.2) is 4.98 Å². The fourth-order valence-corrected chi connectivity index (χ4v) is 2.09. The van der Waals surface area contributed by atoms with Crippen LogP contribution in [0.1, 0.15) is 24.1 Å². The molecule has 0 radical (unpaired) electrons. The van der Waals surface area contributed by atoms with Crippen LogP contribution in [-0.2, 0) is 13.1 Å². The molecule has 0 unspecified atom stereocenters. The summed E-state index contributed by atoms with van der Waals surface area (Å²) in [6, 6.07) is 3.89. The maximum atomic E-state index is 5.10. The Morgan fingerprint density at radius 2 is 2.25 bits per heavy atom. The number of pyridine rings is 1. The second-order valence-corrected chi connectivity index (χ2v) is 5.22. The normalized spacial score (nSPS) is 14.3. The van der Waals surface area contributed by atoms with Crippen molar-refractivity contribution in [1.29, 1.82) is 0 Å². The molecule has 0 atom stereocenters. The summed E-state index contributed by atoms with van der Waals surface area (Å²) in [5.74, 6) is 2.25. The van der Waals surface area contributed by atoms with Gasteiger partial charge >= 0.3 is 0 Å². The zero-order valence-corrected chi connectivity index (χ0v) is 11.8. The van der Waals surface area contributed by atoms with Gasteiger partial charge in [-0.3, -0.25) is 4.68 Å². The molecule has 0 spiro atoms. The highest BCUT2D eigenvalue weighted by Crippen LogP contribution is 2.30. The highest BCUT2D eigenvalue weighted by atomic mass is 16.5. The number of rotatable bonds is 6. The molecule has 106 valence electrons. The Balaban J connectivity index is 1.59. The molecule has 1 aliphatic carbocycles. The molecular weight excluding hydrogens is 254 g/mol. The Morgan fingerprint density at radius 3 is 2.95 bits per heavy atom. The maximum absolute atomic E-state index is 5.10. The number of aryl methyl sites for hydroxylation is 1. The second-order valence-electron chi connectivity index (χ2n) is 5.22. The summed E-state index contributed by atoms with van der Waals surface area (Å²) in [6.07, 6.45) is 4.60. The van der Waals surface area contributed by atoms with E-state index in [0.29, 0.717) is 12.4 Å². The van der Waals surface area contributed by atoms with Crippen LogP contribution in [0.4, 0.5) is 5.82 Å². The van der Waals surface area contributed by atoms with Crippen LogP contribution < -0.4 is 10.1 Å². The van der Waals surface area contributed by atoms with E-state index in [1.807, 2.05) is 29.9 Å². The molecule has 6 heteroatoms. The van der Waals surface area contributed by atoms with Crippen molar-refractivity contribution in [2.24, 2.45) is 5.92 Å². The molecule has 0 bridgehead atoms. The molecule has 1 aliphatic rings. The number of hydrogen-bond donors (Lipinski definition) is 1. The summed E-state index contributed by atoms with van der Waals surface area (Å²) in [7, 11) is 1.62. The van der Waals surface area contributed by atoms with Crippen LogP contribution in [0.25, 0.3) is 0 Å². The van der Waals surface area contributed by atoms with Crippen molar-refractivity contribution in [3.05, 3.63) is 29.6 Å². The van der Waals surface area contributed by atoms with Gasteiger partial charge in [-0.1, -0.05) is 11.3 Å². The van der Waals surface area contributed by atoms with Gasteiger partial charge in [-0.2, -0.15) is 0 Å². The van der Waals surface area contributed by atoms with E-state index in [4.69, 9.17) is 4.74 Å². The molecule has 0 aliphatic heterocycles. The van der Waals surface area contributed by atoms with Gasteiger partial charge in [0.25, 0.3) is 0 Å². The lowest BCUT2D eigenvalue weighted by Gasteiger charge is -2.07. The van der Waals surface area contributed by atoms with Crippen LogP contribution >= 0.6 is 0 Å². The van der Waals surface area contributed by atoms with E-state index in [-0.39, 0.29) is 0 Å². The van der Waals surface area contributed by atoms with E-state index in [1.54, 1.807) is 7.11 Å². The molecule has 2 heterocycles. The first-order valence-electron chi connectivity index (χ1n) is 6.89. The second kappa shape index (κ2) is 5.48. The quantitative estimate of drug-likeness (QED) is 0.872. The largest absolute Gasteiger partial charge is 0.481 e. The van der Waals surface area contributed by atoms with Crippen molar-refractivity contribution in [2.75, 3.05) is 12.4 Å². The van der Waals surface area contributed by atoms with E-state index < -0.39 is 0 Å². The molecule has 1 saturated carbocycles. The van der Waals surface area contributed by atoms with E-state index >= 15 is 0 Å². The summed E-state index contributed by atoms with van der Waals surface area (Å²) in [5.41, 5.74) is 2.09. The molecule has 2 aromatic heterocycles. The zero-order chi connectivity index (χ0) is 13.9. The van der Waals surface area contributed by atoms with Crippen molar-refractivity contribution in [3.63, 3.8) is 0 Å². The smallest absolute Gasteiger partial charge is 0.213 e. The van der Waals surface area contributed by atoms with Gasteiger partial charge in [-0.15, -0.1) is 5.10 Å². The fraction of sp³-hybridized carbons (Fsp3) is 0.500. The first kappa shape index (κ1) is 12.9. The fourth-order valence-electron chi connectivity index (χ4n) is 2.09. The number of methoxy groups -OCH3 is 1. The number of nitrogens with one attached hydrogen (secondary N) is 1. The molecule has 2 aromatic rings. The number of aromatic nitrogens is 4. The number of nitrogens with zero attached hydrogens (tertiary/aromatic N) is 4. The molecule has 20 heavy (non-hydrogen) atoms. The third-order valence-electron chi connectivity index (χ3n) is 3.52. The number of hydrogen-bond acceptors (Lipinski definition) is 5. The van der Waals surface area contributed by atoms with Crippen LogP contribution in [0.2, 0.25) is 0 Å². The summed E-state index contributed by atoms with van der Waals surface area (Å²) < 4.78 is 7.02. The minimum Gasteiger partial charge on any atom is -0.481 e. The standard InChI is InChI=1S/C14H19N5O/c1-10-12(5-6-14(16-10)20-2)7-15-13-9-19(18-17-13)8-11-3-4-11/h5-6,9,11,15H,3-4,7-8H2,1-2H3. The summed E-state index contributed by atoms with van der Waals surface area (Å²) in [6.45, 7) is 3.65. The molecule has 6 nitrogen and oxygen atoms in total. The predicted octanol–water partition coefficient (Wildman–Crippen LogP) is 2.01. The van der Waals surface area contributed by atoms with Crippen molar-refractivity contribution in [1.82, 2.24) is 20.0 Å². The molecule has 1 N–H and O–H groups in total. The number of anilines is 1. The van der Waals surface area contributed by atoms with Gasteiger partial charge in [0.2, 0.25) is 5.88 Å². The van der Waals surface area contributed by atoms with Crippen molar-refractivity contribution < 1.29 is 4.74 Å². The highest BCUT2D eigenvalue weighted by Gasteiger charge is 2.22. The van der Waals surface area contributed by atoms with Crippen LogP contribution in [0.15, 0.2) is 18.3 Å². The predicted molar refractivity (Wildman–Crippen MR) is 75.6 cm³/mol. The SMILES string of the molecule is COc1ccc(CNc2cn(CC3CC3)nn2)c(C)n1.